The van der Waals surface area contributed by atoms with E-state index in [-0.39, 0.29) is 5.97 Å². The molecular weight excluding hydrogens is 226 g/mol. The van der Waals surface area contributed by atoms with E-state index in [1.165, 1.54) is 17.9 Å². The van der Waals surface area contributed by atoms with Gasteiger partial charge in [0.15, 0.2) is 0 Å². The summed E-state index contributed by atoms with van der Waals surface area (Å²) in [5.74, 6) is -0.339. The molecule has 2 N–H and O–H groups in total. The van der Waals surface area contributed by atoms with Gasteiger partial charge in [0, 0.05) is 12.8 Å². The van der Waals surface area contributed by atoms with E-state index in [2.05, 4.69) is 12.1 Å². The van der Waals surface area contributed by atoms with Crippen LogP contribution in [0, 0.1) is 0 Å². The Morgan fingerprint density at radius 1 is 1.17 bits per heavy atom. The van der Waals surface area contributed by atoms with E-state index in [4.69, 9.17) is 10.5 Å². The van der Waals surface area contributed by atoms with Crippen LogP contribution >= 0.6 is 0 Å². The predicted molar refractivity (Wildman–Crippen MR) is 70.3 cm³/mol. The lowest BCUT2D eigenvalue weighted by molar-refractivity contribution is -0.147. The van der Waals surface area contributed by atoms with Gasteiger partial charge >= 0.3 is 5.97 Å². The predicted octanol–water partition coefficient (Wildman–Crippen LogP) is 1.81. The quantitative estimate of drug-likeness (QED) is 0.775. The molecule has 0 aliphatic heterocycles. The van der Waals surface area contributed by atoms with Gasteiger partial charge < -0.3 is 10.5 Å². The number of hydrogen-bond donors (Lipinski definition) is 1. The first-order valence-electron chi connectivity index (χ1n) is 6.01. The molecule has 2 aromatic carbocycles. The van der Waals surface area contributed by atoms with Crippen LogP contribution in [-0.4, -0.2) is 18.6 Å². The molecule has 0 fully saturated rings. The minimum atomic E-state index is -0.933. The Morgan fingerprint density at radius 2 is 1.72 bits per heavy atom. The summed E-state index contributed by atoms with van der Waals surface area (Å²) in [6.45, 7) is 0. The molecule has 0 spiro atoms. The zero-order valence-corrected chi connectivity index (χ0v) is 10.3. The lowest BCUT2D eigenvalue weighted by atomic mass is 9.77. The van der Waals surface area contributed by atoms with Crippen molar-refractivity contribution in [3.63, 3.8) is 0 Å². The largest absolute Gasteiger partial charge is 0.468 e. The SMILES string of the molecule is COC(=O)C1(N)Cc2cccc3cccc(c23)C1. The molecule has 0 saturated heterocycles. The molecule has 0 aromatic heterocycles. The van der Waals surface area contributed by atoms with Gasteiger partial charge in [-0.05, 0) is 21.9 Å². The van der Waals surface area contributed by atoms with Crippen LogP contribution in [0.1, 0.15) is 11.1 Å². The third kappa shape index (κ3) is 1.51. The third-order valence-corrected chi connectivity index (χ3v) is 3.68. The molecule has 0 radical (unpaired) electrons. The first kappa shape index (κ1) is 11.2. The Labute approximate surface area is 106 Å². The van der Waals surface area contributed by atoms with E-state index < -0.39 is 5.54 Å². The zero-order valence-electron chi connectivity index (χ0n) is 10.3. The van der Waals surface area contributed by atoms with Crippen LogP contribution in [0.15, 0.2) is 36.4 Å². The Hall–Kier alpha value is -1.87. The second-order valence-corrected chi connectivity index (χ2v) is 4.93. The number of rotatable bonds is 1. The molecule has 1 aliphatic rings. The first-order valence-corrected chi connectivity index (χ1v) is 6.01. The minimum absolute atomic E-state index is 0.339. The molecule has 18 heavy (non-hydrogen) atoms. The summed E-state index contributed by atoms with van der Waals surface area (Å²) in [5.41, 5.74) is 7.55. The van der Waals surface area contributed by atoms with Gasteiger partial charge in [0.1, 0.15) is 5.54 Å². The summed E-state index contributed by atoms with van der Waals surface area (Å²) in [6, 6.07) is 12.3. The van der Waals surface area contributed by atoms with Crippen molar-refractivity contribution in [2.24, 2.45) is 5.73 Å². The average molecular weight is 241 g/mol. The standard InChI is InChI=1S/C15H15NO2/c1-18-14(17)15(16)8-11-6-2-4-10-5-3-7-12(9-15)13(10)11/h2-7H,8-9,16H2,1H3. The lowest BCUT2D eigenvalue weighted by Crippen LogP contribution is -2.53. The van der Waals surface area contributed by atoms with Crippen molar-refractivity contribution in [1.82, 2.24) is 0 Å². The van der Waals surface area contributed by atoms with Crippen molar-refractivity contribution < 1.29 is 9.53 Å². The number of ether oxygens (including phenoxy) is 1. The second-order valence-electron chi connectivity index (χ2n) is 4.93. The Morgan fingerprint density at radius 3 is 2.22 bits per heavy atom. The van der Waals surface area contributed by atoms with Gasteiger partial charge in [0.25, 0.3) is 0 Å². The monoisotopic (exact) mass is 241 g/mol. The highest BCUT2D eigenvalue weighted by molar-refractivity contribution is 5.93. The second kappa shape index (κ2) is 3.82. The molecule has 92 valence electrons. The molecular formula is C15H15NO2. The highest BCUT2D eigenvalue weighted by Gasteiger charge is 2.39. The first-order chi connectivity index (χ1) is 8.64. The summed E-state index contributed by atoms with van der Waals surface area (Å²) in [7, 11) is 1.39. The van der Waals surface area contributed by atoms with E-state index in [1.807, 2.05) is 24.3 Å². The highest BCUT2D eigenvalue weighted by Crippen LogP contribution is 2.33. The summed E-state index contributed by atoms with van der Waals surface area (Å²) < 4.78 is 4.84. The maximum atomic E-state index is 11.9. The van der Waals surface area contributed by atoms with Gasteiger partial charge in [-0.25, -0.2) is 0 Å². The number of carbonyl (C=O) groups is 1. The van der Waals surface area contributed by atoms with E-state index in [9.17, 15) is 4.79 Å². The van der Waals surface area contributed by atoms with Crippen molar-refractivity contribution in [2.75, 3.05) is 7.11 Å². The highest BCUT2D eigenvalue weighted by atomic mass is 16.5. The topological polar surface area (TPSA) is 52.3 Å². The Balaban J connectivity index is 2.19. The maximum Gasteiger partial charge on any atom is 0.326 e. The maximum absolute atomic E-state index is 11.9. The Bertz CT molecular complexity index is 593. The zero-order chi connectivity index (χ0) is 12.8. The summed E-state index contributed by atoms with van der Waals surface area (Å²) in [6.07, 6.45) is 1.07. The van der Waals surface area contributed by atoms with Gasteiger partial charge in [-0.1, -0.05) is 36.4 Å². The lowest BCUT2D eigenvalue weighted by Gasteiger charge is -2.32. The van der Waals surface area contributed by atoms with Crippen molar-refractivity contribution in [3.05, 3.63) is 47.5 Å². The van der Waals surface area contributed by atoms with Crippen LogP contribution in [0.3, 0.4) is 0 Å². The number of esters is 1. The number of methoxy groups -OCH3 is 1. The molecule has 1 aliphatic carbocycles. The van der Waals surface area contributed by atoms with E-state index in [0.29, 0.717) is 12.8 Å². The normalized spacial score (nSPS) is 16.6. The average Bonchev–Trinajstić information content (AvgIpc) is 2.38. The number of carbonyl (C=O) groups excluding carboxylic acids is 1. The molecule has 0 amide bonds. The summed E-state index contributed by atoms with van der Waals surface area (Å²) >= 11 is 0. The number of hydrogen-bond acceptors (Lipinski definition) is 3. The molecule has 0 heterocycles. The molecule has 3 heteroatoms. The van der Waals surface area contributed by atoms with Crippen LogP contribution in [0.4, 0.5) is 0 Å². The molecule has 0 saturated carbocycles. The van der Waals surface area contributed by atoms with Crippen molar-refractivity contribution >= 4 is 16.7 Å². The summed E-state index contributed by atoms with van der Waals surface area (Å²) in [5, 5.41) is 2.45. The van der Waals surface area contributed by atoms with E-state index in [1.54, 1.807) is 0 Å². The van der Waals surface area contributed by atoms with Gasteiger partial charge in [-0.3, -0.25) is 4.79 Å². The number of benzene rings is 2. The fourth-order valence-electron chi connectivity index (χ4n) is 2.89. The van der Waals surface area contributed by atoms with Crippen molar-refractivity contribution in [3.8, 4) is 0 Å². The van der Waals surface area contributed by atoms with Gasteiger partial charge in [-0.15, -0.1) is 0 Å². The van der Waals surface area contributed by atoms with Crippen LogP contribution in [0.25, 0.3) is 10.8 Å². The van der Waals surface area contributed by atoms with Gasteiger partial charge in [0.05, 0.1) is 7.11 Å². The van der Waals surface area contributed by atoms with Gasteiger partial charge in [-0.2, -0.15) is 0 Å². The fourth-order valence-corrected chi connectivity index (χ4v) is 2.89. The smallest absolute Gasteiger partial charge is 0.326 e. The Kier molecular flexibility index (Phi) is 2.38. The minimum Gasteiger partial charge on any atom is -0.468 e. The van der Waals surface area contributed by atoms with Crippen molar-refractivity contribution in [1.29, 1.82) is 0 Å². The molecule has 3 rings (SSSR count). The summed E-state index contributed by atoms with van der Waals surface area (Å²) in [4.78, 5) is 11.9. The van der Waals surface area contributed by atoms with Gasteiger partial charge in [0.2, 0.25) is 0 Å². The van der Waals surface area contributed by atoms with Crippen LogP contribution in [0.5, 0.6) is 0 Å². The van der Waals surface area contributed by atoms with Crippen LogP contribution in [0.2, 0.25) is 0 Å². The van der Waals surface area contributed by atoms with E-state index in [0.717, 1.165) is 11.1 Å². The van der Waals surface area contributed by atoms with Crippen LogP contribution in [-0.2, 0) is 22.4 Å². The number of nitrogens with two attached hydrogens (primary N) is 1. The van der Waals surface area contributed by atoms with E-state index >= 15 is 0 Å². The fraction of sp³-hybridized carbons (Fsp3) is 0.267. The molecule has 2 aromatic rings. The molecule has 0 bridgehead atoms. The van der Waals surface area contributed by atoms with Crippen LogP contribution < -0.4 is 5.73 Å². The third-order valence-electron chi connectivity index (χ3n) is 3.68. The van der Waals surface area contributed by atoms with Crippen molar-refractivity contribution in [2.45, 2.75) is 18.4 Å². The molecule has 0 atom stereocenters. The molecule has 3 nitrogen and oxygen atoms in total. The molecule has 0 unspecified atom stereocenters.